The van der Waals surface area contributed by atoms with E-state index < -0.39 is 10.0 Å². The number of benzene rings is 2. The first-order chi connectivity index (χ1) is 16.3. The first kappa shape index (κ1) is 24.7. The molecule has 0 bridgehead atoms. The minimum Gasteiger partial charge on any atom is -0.325 e. The zero-order valence-electron chi connectivity index (χ0n) is 19.9. The van der Waals surface area contributed by atoms with Gasteiger partial charge in [0, 0.05) is 23.7 Å². The highest BCUT2D eigenvalue weighted by molar-refractivity contribution is 8.00. The number of pyridine rings is 1. The minimum absolute atomic E-state index is 0.0612. The van der Waals surface area contributed by atoms with Crippen molar-refractivity contribution in [2.75, 3.05) is 17.6 Å². The van der Waals surface area contributed by atoms with Crippen molar-refractivity contribution in [2.24, 2.45) is 0 Å². The zero-order chi connectivity index (χ0) is 24.3. The van der Waals surface area contributed by atoms with Crippen LogP contribution in [-0.4, -0.2) is 42.0 Å². The van der Waals surface area contributed by atoms with Crippen LogP contribution in [0, 0.1) is 13.8 Å². The summed E-state index contributed by atoms with van der Waals surface area (Å²) in [6.07, 6.45) is 3.69. The van der Waals surface area contributed by atoms with Gasteiger partial charge in [-0.05, 0) is 74.6 Å². The molecule has 3 aromatic rings. The maximum atomic E-state index is 13.1. The lowest BCUT2D eigenvalue weighted by molar-refractivity contribution is -0.113. The molecule has 1 amide bonds. The third kappa shape index (κ3) is 5.29. The molecule has 2 aromatic carbocycles. The Balaban J connectivity index is 1.40. The molecule has 1 aliphatic rings. The number of hydrogen-bond acceptors (Lipinski definition) is 5. The number of aryl methyl sites for hydroxylation is 2. The van der Waals surface area contributed by atoms with Crippen LogP contribution < -0.4 is 5.32 Å². The fourth-order valence-corrected chi connectivity index (χ4v) is 7.01. The average molecular weight is 498 g/mol. The van der Waals surface area contributed by atoms with Gasteiger partial charge in [-0.3, -0.25) is 4.79 Å². The second-order valence-corrected chi connectivity index (χ2v) is 11.6. The highest BCUT2D eigenvalue weighted by Gasteiger charge is 2.32. The second kappa shape index (κ2) is 10.5. The van der Waals surface area contributed by atoms with Crippen molar-refractivity contribution in [3.63, 3.8) is 0 Å². The third-order valence-electron chi connectivity index (χ3n) is 6.32. The number of anilines is 1. The fraction of sp³-hybridized carbons (Fsp3) is 0.385. The van der Waals surface area contributed by atoms with Crippen LogP contribution in [0.2, 0.25) is 0 Å². The van der Waals surface area contributed by atoms with Gasteiger partial charge >= 0.3 is 0 Å². The summed E-state index contributed by atoms with van der Waals surface area (Å²) in [5.74, 6) is 0.0609. The summed E-state index contributed by atoms with van der Waals surface area (Å²) in [5.41, 5.74) is 3.67. The van der Waals surface area contributed by atoms with E-state index in [4.69, 9.17) is 4.98 Å². The molecule has 34 heavy (non-hydrogen) atoms. The van der Waals surface area contributed by atoms with Crippen LogP contribution in [0.3, 0.4) is 0 Å². The molecule has 1 saturated heterocycles. The molecule has 8 heteroatoms. The number of aromatic nitrogens is 1. The van der Waals surface area contributed by atoms with Crippen molar-refractivity contribution in [1.29, 1.82) is 0 Å². The standard InChI is InChI=1S/C26H31N3O3S2/c1-4-22-10-5-6-15-29(22)34(31,32)23-13-11-21(12-14-23)27-24(30)17-33-26-19(3)16-20-9-7-8-18(2)25(20)28-26/h7-9,11-14,16,22H,4-6,10,15,17H2,1-3H3,(H,27,30)/t22-/m0/s1. The number of thioether (sulfide) groups is 1. The van der Waals surface area contributed by atoms with Crippen LogP contribution >= 0.6 is 11.8 Å². The van der Waals surface area contributed by atoms with E-state index in [0.717, 1.165) is 52.7 Å². The van der Waals surface area contributed by atoms with Gasteiger partial charge in [0.15, 0.2) is 0 Å². The molecule has 0 unspecified atom stereocenters. The molecule has 0 saturated carbocycles. The predicted octanol–water partition coefficient (Wildman–Crippen LogP) is 5.54. The van der Waals surface area contributed by atoms with Gasteiger partial charge < -0.3 is 5.32 Å². The lowest BCUT2D eigenvalue weighted by Gasteiger charge is -2.34. The van der Waals surface area contributed by atoms with Crippen molar-refractivity contribution in [3.8, 4) is 0 Å². The fourth-order valence-electron chi connectivity index (χ4n) is 4.46. The Morgan fingerprint density at radius 1 is 1.12 bits per heavy atom. The smallest absolute Gasteiger partial charge is 0.243 e. The number of carbonyl (C=O) groups excluding carboxylic acids is 1. The zero-order valence-corrected chi connectivity index (χ0v) is 21.5. The van der Waals surface area contributed by atoms with E-state index in [1.807, 2.05) is 39.0 Å². The van der Waals surface area contributed by atoms with Gasteiger partial charge in [0.2, 0.25) is 15.9 Å². The lowest BCUT2D eigenvalue weighted by atomic mass is 10.0. The number of para-hydroxylation sites is 1. The van der Waals surface area contributed by atoms with E-state index in [-0.39, 0.29) is 22.6 Å². The van der Waals surface area contributed by atoms with E-state index in [0.29, 0.717) is 12.2 Å². The van der Waals surface area contributed by atoms with Gasteiger partial charge in [-0.25, -0.2) is 13.4 Å². The number of rotatable bonds is 7. The molecule has 0 aliphatic carbocycles. The summed E-state index contributed by atoms with van der Waals surface area (Å²) in [7, 11) is -3.53. The lowest BCUT2D eigenvalue weighted by Crippen LogP contribution is -2.43. The van der Waals surface area contributed by atoms with Crippen LogP contribution in [0.25, 0.3) is 10.9 Å². The molecule has 1 atom stereocenters. The van der Waals surface area contributed by atoms with Gasteiger partial charge in [0.05, 0.1) is 16.2 Å². The van der Waals surface area contributed by atoms with Gasteiger partial charge in [-0.2, -0.15) is 4.31 Å². The molecule has 6 nitrogen and oxygen atoms in total. The molecular formula is C26H31N3O3S2. The molecule has 1 N–H and O–H groups in total. The molecule has 180 valence electrons. The Hall–Kier alpha value is -2.42. The average Bonchev–Trinajstić information content (AvgIpc) is 2.83. The Bertz CT molecular complexity index is 1290. The van der Waals surface area contributed by atoms with E-state index >= 15 is 0 Å². The van der Waals surface area contributed by atoms with Gasteiger partial charge in [0.25, 0.3) is 0 Å². The molecule has 4 rings (SSSR count). The quantitative estimate of drug-likeness (QED) is 0.434. The molecule has 2 heterocycles. The highest BCUT2D eigenvalue weighted by Crippen LogP contribution is 2.28. The molecular weight excluding hydrogens is 466 g/mol. The minimum atomic E-state index is -3.53. The number of fused-ring (bicyclic) bond motifs is 1. The maximum Gasteiger partial charge on any atom is 0.243 e. The normalized spacial score (nSPS) is 17.1. The van der Waals surface area contributed by atoms with Crippen LogP contribution in [0.5, 0.6) is 0 Å². The highest BCUT2D eigenvalue weighted by atomic mass is 32.2. The number of carbonyl (C=O) groups is 1. The first-order valence-electron chi connectivity index (χ1n) is 11.7. The summed E-state index contributed by atoms with van der Waals surface area (Å²) < 4.78 is 27.9. The first-order valence-corrected chi connectivity index (χ1v) is 14.1. The van der Waals surface area contributed by atoms with Crippen molar-refractivity contribution in [1.82, 2.24) is 9.29 Å². The summed E-state index contributed by atoms with van der Waals surface area (Å²) in [6.45, 7) is 6.63. The predicted molar refractivity (Wildman–Crippen MR) is 139 cm³/mol. The second-order valence-electron chi connectivity index (χ2n) is 8.79. The van der Waals surface area contributed by atoms with Crippen molar-refractivity contribution in [3.05, 3.63) is 59.7 Å². The van der Waals surface area contributed by atoms with Crippen molar-refractivity contribution < 1.29 is 13.2 Å². The SMILES string of the molecule is CC[C@H]1CCCCN1S(=O)(=O)c1ccc(NC(=O)CSc2nc3c(C)cccc3cc2C)cc1. The van der Waals surface area contributed by atoms with Crippen LogP contribution in [0.15, 0.2) is 58.5 Å². The summed E-state index contributed by atoms with van der Waals surface area (Å²) in [4.78, 5) is 17.6. The van der Waals surface area contributed by atoms with Crippen LogP contribution in [0.4, 0.5) is 5.69 Å². The molecule has 0 radical (unpaired) electrons. The number of sulfonamides is 1. The van der Waals surface area contributed by atoms with E-state index in [1.165, 1.54) is 11.8 Å². The molecule has 0 spiro atoms. The Morgan fingerprint density at radius 2 is 1.88 bits per heavy atom. The Kier molecular flexibility index (Phi) is 7.60. The summed E-state index contributed by atoms with van der Waals surface area (Å²) in [5, 5.41) is 4.79. The molecule has 1 aliphatic heterocycles. The molecule has 1 fully saturated rings. The van der Waals surface area contributed by atoms with Gasteiger partial charge in [-0.1, -0.05) is 43.3 Å². The van der Waals surface area contributed by atoms with Crippen LogP contribution in [0.1, 0.15) is 43.7 Å². The Morgan fingerprint density at radius 3 is 2.62 bits per heavy atom. The van der Waals surface area contributed by atoms with Crippen molar-refractivity contribution in [2.45, 2.75) is 62.4 Å². The third-order valence-corrected chi connectivity index (χ3v) is 9.38. The van der Waals surface area contributed by atoms with Gasteiger partial charge in [-0.15, -0.1) is 0 Å². The topological polar surface area (TPSA) is 79.4 Å². The monoisotopic (exact) mass is 497 g/mol. The largest absolute Gasteiger partial charge is 0.325 e. The van der Waals surface area contributed by atoms with E-state index in [9.17, 15) is 13.2 Å². The summed E-state index contributed by atoms with van der Waals surface area (Å²) in [6, 6.07) is 14.7. The van der Waals surface area contributed by atoms with Crippen molar-refractivity contribution >= 4 is 44.3 Å². The number of amides is 1. The molecule has 1 aromatic heterocycles. The van der Waals surface area contributed by atoms with E-state index in [1.54, 1.807) is 28.6 Å². The maximum absolute atomic E-state index is 13.1. The Labute approximate surface area is 206 Å². The van der Waals surface area contributed by atoms with Gasteiger partial charge in [0.1, 0.15) is 5.03 Å². The summed E-state index contributed by atoms with van der Waals surface area (Å²) >= 11 is 1.40. The number of hydrogen-bond donors (Lipinski definition) is 1. The number of piperidine rings is 1. The van der Waals surface area contributed by atoms with Crippen LogP contribution in [-0.2, 0) is 14.8 Å². The number of nitrogens with zero attached hydrogens (tertiary/aromatic N) is 2. The number of nitrogens with one attached hydrogen (secondary N) is 1. The van der Waals surface area contributed by atoms with E-state index in [2.05, 4.69) is 11.4 Å².